The monoisotopic (exact) mass is 414 g/mol. The maximum absolute atomic E-state index is 12.6. The number of H-pyrrole nitrogens is 1. The first-order valence-corrected chi connectivity index (χ1v) is 10.3. The highest BCUT2D eigenvalue weighted by Crippen LogP contribution is 2.30. The van der Waals surface area contributed by atoms with Crippen LogP contribution >= 0.6 is 0 Å². The molecule has 29 heavy (non-hydrogen) atoms. The highest BCUT2D eigenvalue weighted by atomic mass is 32.2. The molecule has 1 aromatic heterocycles. The smallest absolute Gasteiger partial charge is 0.269 e. The lowest BCUT2D eigenvalue weighted by atomic mass is 10.1. The molecule has 0 bridgehead atoms. The summed E-state index contributed by atoms with van der Waals surface area (Å²) in [6, 6.07) is 15.9. The van der Waals surface area contributed by atoms with Crippen LogP contribution in [0.3, 0.4) is 0 Å². The molecule has 1 heterocycles. The molecule has 0 atom stereocenters. The SMILES string of the molecule is COc1ccc(-c2cc(C(=O)NCc3ccccc3)[nH]n2)cc1S(=O)(=O)N(C)C. The van der Waals surface area contributed by atoms with Gasteiger partial charge in [-0.2, -0.15) is 5.10 Å². The van der Waals surface area contributed by atoms with Crippen LogP contribution in [0.5, 0.6) is 5.75 Å². The lowest BCUT2D eigenvalue weighted by Crippen LogP contribution is -2.23. The summed E-state index contributed by atoms with van der Waals surface area (Å²) in [5.74, 6) is -0.0685. The maximum atomic E-state index is 12.6. The zero-order valence-corrected chi connectivity index (χ0v) is 17.2. The van der Waals surface area contributed by atoms with Crippen molar-refractivity contribution in [1.82, 2.24) is 19.8 Å². The van der Waals surface area contributed by atoms with Crippen LogP contribution in [0.4, 0.5) is 0 Å². The summed E-state index contributed by atoms with van der Waals surface area (Å²) in [6.45, 7) is 0.391. The van der Waals surface area contributed by atoms with Gasteiger partial charge in [-0.25, -0.2) is 12.7 Å². The number of methoxy groups -OCH3 is 1. The van der Waals surface area contributed by atoms with Gasteiger partial charge in [0.15, 0.2) is 0 Å². The van der Waals surface area contributed by atoms with E-state index >= 15 is 0 Å². The zero-order chi connectivity index (χ0) is 21.0. The van der Waals surface area contributed by atoms with Crippen molar-refractivity contribution in [2.75, 3.05) is 21.2 Å². The third kappa shape index (κ3) is 4.47. The van der Waals surface area contributed by atoms with E-state index in [-0.39, 0.29) is 22.2 Å². The molecule has 0 aliphatic carbocycles. The molecule has 0 unspecified atom stereocenters. The average molecular weight is 414 g/mol. The molecule has 3 rings (SSSR count). The number of nitrogens with zero attached hydrogens (tertiary/aromatic N) is 2. The first-order valence-electron chi connectivity index (χ1n) is 8.81. The Bertz CT molecular complexity index is 1110. The molecule has 3 aromatic rings. The number of hydrogen-bond acceptors (Lipinski definition) is 5. The van der Waals surface area contributed by atoms with Gasteiger partial charge in [-0.1, -0.05) is 30.3 Å². The number of ether oxygens (including phenoxy) is 1. The molecule has 0 saturated carbocycles. The molecule has 9 heteroatoms. The average Bonchev–Trinajstić information content (AvgIpc) is 3.22. The second kappa shape index (κ2) is 8.46. The predicted octanol–water partition coefficient (Wildman–Crippen LogP) is 2.27. The lowest BCUT2D eigenvalue weighted by molar-refractivity contribution is 0.0946. The fraction of sp³-hybridized carbons (Fsp3) is 0.200. The van der Waals surface area contributed by atoms with Gasteiger partial charge in [-0.15, -0.1) is 0 Å². The number of carbonyl (C=O) groups is 1. The van der Waals surface area contributed by atoms with Crippen LogP contribution in [0.2, 0.25) is 0 Å². The molecular formula is C20H22N4O4S. The molecule has 2 N–H and O–H groups in total. The van der Waals surface area contributed by atoms with Crippen molar-refractivity contribution in [1.29, 1.82) is 0 Å². The number of aromatic nitrogens is 2. The normalized spacial score (nSPS) is 11.4. The molecular weight excluding hydrogens is 392 g/mol. The summed E-state index contributed by atoms with van der Waals surface area (Å²) in [4.78, 5) is 12.4. The van der Waals surface area contributed by atoms with Crippen LogP contribution in [-0.4, -0.2) is 50.0 Å². The molecule has 0 radical (unpaired) electrons. The molecule has 0 aliphatic heterocycles. The Hall–Kier alpha value is -3.17. The van der Waals surface area contributed by atoms with Gasteiger partial charge in [0.1, 0.15) is 16.3 Å². The molecule has 0 spiro atoms. The number of aromatic amines is 1. The van der Waals surface area contributed by atoms with E-state index in [0.29, 0.717) is 17.8 Å². The van der Waals surface area contributed by atoms with Gasteiger partial charge >= 0.3 is 0 Å². The van der Waals surface area contributed by atoms with Gasteiger partial charge in [0.25, 0.3) is 5.91 Å². The van der Waals surface area contributed by atoms with Gasteiger partial charge in [-0.05, 0) is 29.8 Å². The van der Waals surface area contributed by atoms with E-state index < -0.39 is 10.0 Å². The van der Waals surface area contributed by atoms with E-state index in [0.717, 1.165) is 9.87 Å². The van der Waals surface area contributed by atoms with Crippen LogP contribution in [0.1, 0.15) is 16.1 Å². The van der Waals surface area contributed by atoms with Gasteiger partial charge < -0.3 is 10.1 Å². The molecule has 152 valence electrons. The van der Waals surface area contributed by atoms with E-state index in [2.05, 4.69) is 15.5 Å². The van der Waals surface area contributed by atoms with E-state index in [1.165, 1.54) is 27.3 Å². The van der Waals surface area contributed by atoms with E-state index in [1.54, 1.807) is 18.2 Å². The number of benzene rings is 2. The van der Waals surface area contributed by atoms with Crippen molar-refractivity contribution in [2.24, 2.45) is 0 Å². The van der Waals surface area contributed by atoms with Crippen LogP contribution in [0, 0.1) is 0 Å². The van der Waals surface area contributed by atoms with E-state index in [1.807, 2.05) is 30.3 Å². The molecule has 0 saturated heterocycles. The Balaban J connectivity index is 1.84. The number of hydrogen-bond donors (Lipinski definition) is 2. The number of carbonyl (C=O) groups excluding carboxylic acids is 1. The van der Waals surface area contributed by atoms with Crippen LogP contribution in [0.15, 0.2) is 59.5 Å². The zero-order valence-electron chi connectivity index (χ0n) is 16.3. The molecule has 1 amide bonds. The van der Waals surface area contributed by atoms with Crippen molar-refractivity contribution >= 4 is 15.9 Å². The molecule has 2 aromatic carbocycles. The molecule has 8 nitrogen and oxygen atoms in total. The Kier molecular flexibility index (Phi) is 6.00. The summed E-state index contributed by atoms with van der Waals surface area (Å²) >= 11 is 0. The standard InChI is InChI=1S/C20H22N4O4S/c1-24(2)29(26,27)19-11-15(9-10-18(19)28-3)16-12-17(23-22-16)20(25)21-13-14-7-5-4-6-8-14/h4-12H,13H2,1-3H3,(H,21,25)(H,22,23). The summed E-state index contributed by atoms with van der Waals surface area (Å²) < 4.78 is 31.5. The fourth-order valence-corrected chi connectivity index (χ4v) is 3.77. The minimum absolute atomic E-state index is 0.0283. The molecule has 0 aliphatic rings. The topological polar surface area (TPSA) is 104 Å². The van der Waals surface area contributed by atoms with Crippen molar-refractivity contribution in [3.05, 3.63) is 65.9 Å². The second-order valence-corrected chi connectivity index (χ2v) is 8.61. The number of amides is 1. The van der Waals surface area contributed by atoms with Gasteiger partial charge in [-0.3, -0.25) is 9.89 Å². The minimum atomic E-state index is -3.71. The first-order chi connectivity index (χ1) is 13.8. The van der Waals surface area contributed by atoms with Crippen molar-refractivity contribution in [2.45, 2.75) is 11.4 Å². The Labute approximate surface area is 169 Å². The number of nitrogens with one attached hydrogen (secondary N) is 2. The van der Waals surface area contributed by atoms with Gasteiger partial charge in [0.2, 0.25) is 10.0 Å². The number of sulfonamides is 1. The lowest BCUT2D eigenvalue weighted by Gasteiger charge is -2.15. The maximum Gasteiger partial charge on any atom is 0.269 e. The van der Waals surface area contributed by atoms with Crippen LogP contribution in [-0.2, 0) is 16.6 Å². The second-order valence-electron chi connectivity index (χ2n) is 6.49. The highest BCUT2D eigenvalue weighted by Gasteiger charge is 2.23. The first kappa shape index (κ1) is 20.6. The third-order valence-electron chi connectivity index (χ3n) is 4.34. The van der Waals surface area contributed by atoms with Crippen molar-refractivity contribution in [3.8, 4) is 17.0 Å². The number of rotatable bonds is 7. The van der Waals surface area contributed by atoms with E-state index in [4.69, 9.17) is 4.74 Å². The van der Waals surface area contributed by atoms with Gasteiger partial charge in [0.05, 0.1) is 12.8 Å². The highest BCUT2D eigenvalue weighted by molar-refractivity contribution is 7.89. The fourth-order valence-electron chi connectivity index (χ4n) is 2.69. The Morgan fingerprint density at radius 3 is 2.52 bits per heavy atom. The van der Waals surface area contributed by atoms with Crippen LogP contribution < -0.4 is 10.1 Å². The third-order valence-corrected chi connectivity index (χ3v) is 6.17. The Morgan fingerprint density at radius 2 is 1.86 bits per heavy atom. The quantitative estimate of drug-likeness (QED) is 0.617. The largest absolute Gasteiger partial charge is 0.495 e. The summed E-state index contributed by atoms with van der Waals surface area (Å²) in [6.07, 6.45) is 0. The predicted molar refractivity (Wildman–Crippen MR) is 109 cm³/mol. The summed E-state index contributed by atoms with van der Waals surface area (Å²) in [5.41, 5.74) is 2.26. The van der Waals surface area contributed by atoms with Gasteiger partial charge in [0, 0.05) is 26.2 Å². The minimum Gasteiger partial charge on any atom is -0.495 e. The van der Waals surface area contributed by atoms with E-state index in [9.17, 15) is 13.2 Å². The molecule has 0 fully saturated rings. The van der Waals surface area contributed by atoms with Crippen LogP contribution in [0.25, 0.3) is 11.3 Å². The van der Waals surface area contributed by atoms with Crippen molar-refractivity contribution < 1.29 is 17.9 Å². The summed E-state index contributed by atoms with van der Waals surface area (Å²) in [7, 11) is 0.601. The summed E-state index contributed by atoms with van der Waals surface area (Å²) in [5, 5.41) is 9.66. The van der Waals surface area contributed by atoms with Crippen molar-refractivity contribution in [3.63, 3.8) is 0 Å². The Morgan fingerprint density at radius 1 is 1.14 bits per heavy atom.